The zero-order chi connectivity index (χ0) is 22.7. The third kappa shape index (κ3) is 26.5. The van der Waals surface area contributed by atoms with E-state index in [1.165, 1.54) is 0 Å². The van der Waals surface area contributed by atoms with Crippen LogP contribution in [0.5, 0.6) is 0 Å². The van der Waals surface area contributed by atoms with Crippen molar-refractivity contribution in [2.45, 2.75) is 58.3 Å². The Morgan fingerprint density at radius 2 is 1.16 bits per heavy atom. The molecule has 0 aliphatic rings. The summed E-state index contributed by atoms with van der Waals surface area (Å²) in [5.74, 6) is 2.02. The van der Waals surface area contributed by atoms with Crippen molar-refractivity contribution in [1.29, 1.82) is 0 Å². The summed E-state index contributed by atoms with van der Waals surface area (Å²) in [6.45, 7) is 3.59. The molecule has 0 aromatic carbocycles. The van der Waals surface area contributed by atoms with Crippen molar-refractivity contribution in [3.05, 3.63) is 72.9 Å². The average Bonchev–Trinajstić information content (AvgIpc) is 2.77. The predicted octanol–water partition coefficient (Wildman–Crippen LogP) is 6.92. The van der Waals surface area contributed by atoms with E-state index in [0.717, 1.165) is 63.0 Å². The molecule has 0 aliphatic carbocycles. The van der Waals surface area contributed by atoms with Gasteiger partial charge in [0, 0.05) is 31.0 Å². The highest BCUT2D eigenvalue weighted by atomic mass is 33.1. The standard InChI is InChI=1S/C26H42N2OS2/c1-2-3-4-5-6-7-8-9-10-11-12-13-14-15-16-17-18-19-20-21-26(29)28-23-25-31-30-24-22-27/h3-4,6-7,9-10,12-13,15-16,18-19H,2,5,8,11,14,17,20-25,27H2,1H3,(H,28,29)/b4-3-,7-6-,10-9-,13-12-,16-15-,19-18-. The van der Waals surface area contributed by atoms with Crippen LogP contribution < -0.4 is 11.1 Å². The van der Waals surface area contributed by atoms with Gasteiger partial charge in [0.2, 0.25) is 5.91 Å². The predicted molar refractivity (Wildman–Crippen MR) is 144 cm³/mol. The van der Waals surface area contributed by atoms with E-state index in [2.05, 4.69) is 85.2 Å². The fourth-order valence-corrected chi connectivity index (χ4v) is 4.10. The molecule has 3 nitrogen and oxygen atoms in total. The number of nitrogens with one attached hydrogen (secondary N) is 1. The van der Waals surface area contributed by atoms with Crippen molar-refractivity contribution in [2.24, 2.45) is 5.73 Å². The Kier molecular flexibility index (Phi) is 25.4. The van der Waals surface area contributed by atoms with Gasteiger partial charge in [-0.2, -0.15) is 0 Å². The summed E-state index contributed by atoms with van der Waals surface area (Å²) in [7, 11) is 3.52. The van der Waals surface area contributed by atoms with Gasteiger partial charge in [0.15, 0.2) is 0 Å². The molecule has 0 radical (unpaired) electrons. The van der Waals surface area contributed by atoms with Gasteiger partial charge >= 0.3 is 0 Å². The Morgan fingerprint density at radius 3 is 1.65 bits per heavy atom. The van der Waals surface area contributed by atoms with Gasteiger partial charge in [0.25, 0.3) is 0 Å². The van der Waals surface area contributed by atoms with Gasteiger partial charge in [-0.3, -0.25) is 4.79 Å². The van der Waals surface area contributed by atoms with Crippen LogP contribution in [-0.2, 0) is 4.79 Å². The van der Waals surface area contributed by atoms with E-state index in [1.807, 2.05) is 0 Å². The molecule has 0 aromatic heterocycles. The Bertz CT molecular complexity index is 578. The van der Waals surface area contributed by atoms with Crippen LogP contribution in [-0.4, -0.2) is 30.5 Å². The summed E-state index contributed by atoms with van der Waals surface area (Å²) in [5.41, 5.74) is 5.43. The second kappa shape index (κ2) is 26.6. The molecule has 5 heteroatoms. The highest BCUT2D eigenvalue weighted by Gasteiger charge is 1.98. The number of amides is 1. The normalized spacial score (nSPS) is 12.7. The Labute approximate surface area is 198 Å². The number of hydrogen-bond donors (Lipinski definition) is 2. The molecule has 31 heavy (non-hydrogen) atoms. The first-order valence-corrected chi connectivity index (χ1v) is 13.9. The SMILES string of the molecule is CC/C=C\C/C=C\C/C=C\C/C=C\C/C=C\C/C=C\CCC(=O)NCCSSCCN. The zero-order valence-corrected chi connectivity index (χ0v) is 20.8. The fraction of sp³-hybridized carbons (Fsp3) is 0.500. The van der Waals surface area contributed by atoms with Crippen LogP contribution in [0, 0.1) is 0 Å². The van der Waals surface area contributed by atoms with E-state index >= 15 is 0 Å². The molecule has 0 saturated heterocycles. The highest BCUT2D eigenvalue weighted by Crippen LogP contribution is 2.18. The minimum atomic E-state index is 0.129. The molecule has 3 N–H and O–H groups in total. The first-order chi connectivity index (χ1) is 15.3. The summed E-state index contributed by atoms with van der Waals surface area (Å²) >= 11 is 0. The van der Waals surface area contributed by atoms with Gasteiger partial charge in [0.05, 0.1) is 0 Å². The molecule has 0 fully saturated rings. The van der Waals surface area contributed by atoms with Crippen molar-refractivity contribution in [1.82, 2.24) is 5.32 Å². The van der Waals surface area contributed by atoms with E-state index in [9.17, 15) is 4.79 Å². The van der Waals surface area contributed by atoms with Crippen molar-refractivity contribution in [2.75, 3.05) is 24.6 Å². The van der Waals surface area contributed by atoms with Crippen LogP contribution in [0.2, 0.25) is 0 Å². The quantitative estimate of drug-likeness (QED) is 0.117. The number of nitrogens with two attached hydrogens (primary N) is 1. The minimum Gasteiger partial charge on any atom is -0.355 e. The lowest BCUT2D eigenvalue weighted by Crippen LogP contribution is -2.25. The third-order valence-electron chi connectivity index (χ3n) is 3.93. The second-order valence-electron chi connectivity index (χ2n) is 6.74. The number of allylic oxidation sites excluding steroid dienone is 12. The van der Waals surface area contributed by atoms with Crippen molar-refractivity contribution in [3.63, 3.8) is 0 Å². The Morgan fingerprint density at radius 1 is 0.710 bits per heavy atom. The molecular weight excluding hydrogens is 420 g/mol. The molecular formula is C26H42N2OS2. The third-order valence-corrected chi connectivity index (χ3v) is 6.37. The lowest BCUT2D eigenvalue weighted by atomic mass is 10.2. The molecule has 0 saturated carbocycles. The van der Waals surface area contributed by atoms with E-state index < -0.39 is 0 Å². The zero-order valence-electron chi connectivity index (χ0n) is 19.2. The van der Waals surface area contributed by atoms with Crippen LogP contribution in [0.1, 0.15) is 58.3 Å². The van der Waals surface area contributed by atoms with E-state index in [1.54, 1.807) is 21.6 Å². The van der Waals surface area contributed by atoms with Gasteiger partial charge in [0.1, 0.15) is 0 Å². The largest absolute Gasteiger partial charge is 0.355 e. The first-order valence-electron chi connectivity index (χ1n) is 11.4. The number of rotatable bonds is 20. The summed E-state index contributed by atoms with van der Waals surface area (Å²) in [6.07, 6.45) is 33.6. The Hall–Kier alpha value is -1.43. The van der Waals surface area contributed by atoms with Crippen LogP contribution in [0.15, 0.2) is 72.9 Å². The second-order valence-corrected chi connectivity index (χ2v) is 9.44. The van der Waals surface area contributed by atoms with Gasteiger partial charge in [-0.25, -0.2) is 0 Å². The van der Waals surface area contributed by atoms with Crippen molar-refractivity contribution < 1.29 is 4.79 Å². The summed E-state index contributed by atoms with van der Waals surface area (Å²) < 4.78 is 0. The van der Waals surface area contributed by atoms with Crippen LogP contribution >= 0.6 is 21.6 Å². The molecule has 0 heterocycles. The number of carbonyl (C=O) groups excluding carboxylic acids is 1. The van der Waals surface area contributed by atoms with Gasteiger partial charge in [-0.1, -0.05) is 101 Å². The van der Waals surface area contributed by atoms with E-state index in [-0.39, 0.29) is 5.91 Å². The van der Waals surface area contributed by atoms with Crippen LogP contribution in [0.4, 0.5) is 0 Å². The number of carbonyl (C=O) groups is 1. The lowest BCUT2D eigenvalue weighted by Gasteiger charge is -2.03. The van der Waals surface area contributed by atoms with Crippen molar-refractivity contribution in [3.8, 4) is 0 Å². The molecule has 1 amide bonds. The smallest absolute Gasteiger partial charge is 0.220 e. The maximum atomic E-state index is 11.7. The summed E-state index contributed by atoms with van der Waals surface area (Å²) in [6, 6.07) is 0. The summed E-state index contributed by atoms with van der Waals surface area (Å²) in [4.78, 5) is 11.7. The topological polar surface area (TPSA) is 55.1 Å². The minimum absolute atomic E-state index is 0.129. The van der Waals surface area contributed by atoms with Gasteiger partial charge in [-0.15, -0.1) is 0 Å². The maximum absolute atomic E-state index is 11.7. The molecule has 0 unspecified atom stereocenters. The molecule has 174 valence electrons. The van der Waals surface area contributed by atoms with E-state index in [4.69, 9.17) is 5.73 Å². The van der Waals surface area contributed by atoms with E-state index in [0.29, 0.717) is 13.0 Å². The average molecular weight is 463 g/mol. The van der Waals surface area contributed by atoms with Crippen LogP contribution in [0.25, 0.3) is 0 Å². The maximum Gasteiger partial charge on any atom is 0.220 e. The fourth-order valence-electron chi connectivity index (χ4n) is 2.34. The molecule has 0 rings (SSSR count). The van der Waals surface area contributed by atoms with Crippen molar-refractivity contribution >= 4 is 27.5 Å². The number of hydrogen-bond acceptors (Lipinski definition) is 4. The Balaban J connectivity index is 3.52. The molecule has 0 aliphatic heterocycles. The summed E-state index contributed by atoms with van der Waals surface area (Å²) in [5, 5.41) is 2.95. The lowest BCUT2D eigenvalue weighted by molar-refractivity contribution is -0.120. The molecule has 0 bridgehead atoms. The van der Waals surface area contributed by atoms with Gasteiger partial charge in [-0.05, 0) is 44.9 Å². The molecule has 0 atom stereocenters. The molecule has 0 spiro atoms. The van der Waals surface area contributed by atoms with Gasteiger partial charge < -0.3 is 11.1 Å². The monoisotopic (exact) mass is 462 g/mol. The molecule has 0 aromatic rings. The first kappa shape index (κ1) is 29.6. The highest BCUT2D eigenvalue weighted by molar-refractivity contribution is 8.76. The van der Waals surface area contributed by atoms with Crippen LogP contribution in [0.3, 0.4) is 0 Å².